The maximum atomic E-state index is 11.0. The molecule has 0 bridgehead atoms. The van der Waals surface area contributed by atoms with E-state index in [9.17, 15) is 4.79 Å². The van der Waals surface area contributed by atoms with Crippen LogP contribution < -0.4 is 0 Å². The molecule has 0 atom stereocenters. The number of aryl methyl sites for hydroxylation is 1. The van der Waals surface area contributed by atoms with Crippen LogP contribution >= 0.6 is 12.6 Å². The second-order valence-corrected chi connectivity index (χ2v) is 3.32. The molecule has 0 heterocycles. The number of benzene rings is 1. The number of ketones is 1. The van der Waals surface area contributed by atoms with Crippen molar-refractivity contribution in [3.8, 4) is 6.07 Å². The fourth-order valence-corrected chi connectivity index (χ4v) is 1.27. The Hall–Kier alpha value is -1.27. The van der Waals surface area contributed by atoms with Crippen molar-refractivity contribution in [2.24, 2.45) is 0 Å². The van der Waals surface area contributed by atoms with E-state index in [-0.39, 0.29) is 5.78 Å². The van der Waals surface area contributed by atoms with Gasteiger partial charge >= 0.3 is 0 Å². The summed E-state index contributed by atoms with van der Waals surface area (Å²) < 4.78 is 0. The van der Waals surface area contributed by atoms with Crippen LogP contribution in [0.4, 0.5) is 0 Å². The minimum absolute atomic E-state index is 0.151. The average molecular weight is 205 g/mol. The van der Waals surface area contributed by atoms with Crippen LogP contribution in [0.5, 0.6) is 0 Å². The first-order chi connectivity index (χ1) is 6.76. The van der Waals surface area contributed by atoms with Gasteiger partial charge in [-0.1, -0.05) is 12.1 Å². The van der Waals surface area contributed by atoms with Crippen molar-refractivity contribution < 1.29 is 4.79 Å². The zero-order chi connectivity index (χ0) is 10.4. The third-order valence-corrected chi connectivity index (χ3v) is 2.30. The molecule has 0 saturated carbocycles. The predicted molar refractivity (Wildman–Crippen MR) is 58.3 cm³/mol. The van der Waals surface area contributed by atoms with E-state index in [4.69, 9.17) is 5.26 Å². The summed E-state index contributed by atoms with van der Waals surface area (Å²) in [4.78, 5) is 11.0. The van der Waals surface area contributed by atoms with Crippen molar-refractivity contribution in [1.29, 1.82) is 5.26 Å². The standard InChI is InChI=1S/C11H11NOS/c12-7-10-3-1-9(2-4-10)5-6-11(13)8-14/h1-4,14H,5-6,8H2. The molecule has 1 rings (SSSR count). The van der Waals surface area contributed by atoms with Gasteiger partial charge in [0.25, 0.3) is 0 Å². The van der Waals surface area contributed by atoms with Crippen molar-refractivity contribution in [2.45, 2.75) is 12.8 Å². The van der Waals surface area contributed by atoms with Gasteiger partial charge in [0.1, 0.15) is 5.78 Å². The normalized spacial score (nSPS) is 9.43. The molecule has 0 spiro atoms. The monoisotopic (exact) mass is 205 g/mol. The molecule has 0 fully saturated rings. The number of nitriles is 1. The minimum atomic E-state index is 0.151. The first kappa shape index (κ1) is 10.8. The van der Waals surface area contributed by atoms with Gasteiger partial charge in [-0.25, -0.2) is 0 Å². The van der Waals surface area contributed by atoms with E-state index in [0.29, 0.717) is 17.7 Å². The quantitative estimate of drug-likeness (QED) is 0.764. The Bertz CT molecular complexity index is 351. The predicted octanol–water partition coefficient (Wildman–Crippen LogP) is 1.99. The minimum Gasteiger partial charge on any atom is -0.299 e. The van der Waals surface area contributed by atoms with Crippen molar-refractivity contribution in [2.75, 3.05) is 5.75 Å². The van der Waals surface area contributed by atoms with E-state index in [0.717, 1.165) is 12.0 Å². The summed E-state index contributed by atoms with van der Waals surface area (Å²) in [5, 5.41) is 8.57. The Labute approximate surface area is 89.0 Å². The van der Waals surface area contributed by atoms with Crippen LogP contribution in [-0.2, 0) is 11.2 Å². The number of rotatable bonds is 4. The van der Waals surface area contributed by atoms with Crippen molar-refractivity contribution in [3.05, 3.63) is 35.4 Å². The summed E-state index contributed by atoms with van der Waals surface area (Å²) in [7, 11) is 0. The molecule has 2 nitrogen and oxygen atoms in total. The van der Waals surface area contributed by atoms with E-state index in [1.165, 1.54) is 0 Å². The fraction of sp³-hybridized carbons (Fsp3) is 0.273. The van der Waals surface area contributed by atoms with E-state index < -0.39 is 0 Å². The van der Waals surface area contributed by atoms with Crippen LogP contribution in [0.1, 0.15) is 17.5 Å². The molecule has 72 valence electrons. The first-order valence-corrected chi connectivity index (χ1v) is 5.01. The summed E-state index contributed by atoms with van der Waals surface area (Å²) >= 11 is 3.90. The molecule has 0 aromatic heterocycles. The van der Waals surface area contributed by atoms with Gasteiger partial charge in [-0.3, -0.25) is 4.79 Å². The molecule has 0 N–H and O–H groups in total. The third kappa shape index (κ3) is 3.23. The lowest BCUT2D eigenvalue weighted by atomic mass is 10.1. The average Bonchev–Trinajstić information content (AvgIpc) is 2.26. The Balaban J connectivity index is 2.53. The largest absolute Gasteiger partial charge is 0.299 e. The summed E-state index contributed by atoms with van der Waals surface area (Å²) in [6.45, 7) is 0. The highest BCUT2D eigenvalue weighted by atomic mass is 32.1. The lowest BCUT2D eigenvalue weighted by Crippen LogP contribution is -2.00. The van der Waals surface area contributed by atoms with E-state index >= 15 is 0 Å². The fourth-order valence-electron chi connectivity index (χ4n) is 1.11. The number of carbonyl (C=O) groups is 1. The van der Waals surface area contributed by atoms with E-state index in [2.05, 4.69) is 18.7 Å². The molecule has 0 saturated heterocycles. The molecule has 0 aliphatic carbocycles. The highest BCUT2D eigenvalue weighted by Gasteiger charge is 1.99. The molecule has 14 heavy (non-hydrogen) atoms. The SMILES string of the molecule is N#Cc1ccc(CCC(=O)CS)cc1. The van der Waals surface area contributed by atoms with Crippen LogP contribution in [0.25, 0.3) is 0 Å². The highest BCUT2D eigenvalue weighted by molar-refractivity contribution is 7.81. The van der Waals surface area contributed by atoms with Gasteiger partial charge < -0.3 is 0 Å². The van der Waals surface area contributed by atoms with Gasteiger partial charge in [-0.05, 0) is 24.1 Å². The number of thiol groups is 1. The van der Waals surface area contributed by atoms with Crippen molar-refractivity contribution in [1.82, 2.24) is 0 Å². The van der Waals surface area contributed by atoms with Gasteiger partial charge in [0.15, 0.2) is 0 Å². The summed E-state index contributed by atoms with van der Waals surface area (Å²) in [5.74, 6) is 0.453. The van der Waals surface area contributed by atoms with Crippen LogP contribution in [0, 0.1) is 11.3 Å². The van der Waals surface area contributed by atoms with Gasteiger partial charge in [0, 0.05) is 12.2 Å². The lowest BCUT2D eigenvalue weighted by molar-refractivity contribution is -0.116. The Morgan fingerprint density at radius 2 is 2.00 bits per heavy atom. The molecule has 1 aromatic rings. The Morgan fingerprint density at radius 1 is 1.36 bits per heavy atom. The Kier molecular flexibility index (Phi) is 4.21. The Morgan fingerprint density at radius 3 is 2.50 bits per heavy atom. The van der Waals surface area contributed by atoms with Crippen LogP contribution in [-0.4, -0.2) is 11.5 Å². The summed E-state index contributed by atoms with van der Waals surface area (Å²) in [6, 6.07) is 9.34. The molecule has 0 unspecified atom stereocenters. The molecule has 1 aromatic carbocycles. The maximum Gasteiger partial charge on any atom is 0.142 e. The zero-order valence-electron chi connectivity index (χ0n) is 7.73. The number of carbonyl (C=O) groups excluding carboxylic acids is 1. The number of hydrogen-bond acceptors (Lipinski definition) is 3. The zero-order valence-corrected chi connectivity index (χ0v) is 8.63. The summed E-state index contributed by atoms with van der Waals surface area (Å²) in [5.41, 5.74) is 1.73. The molecular formula is C11H11NOS. The molecule has 0 aliphatic rings. The van der Waals surface area contributed by atoms with E-state index in [1.54, 1.807) is 12.1 Å². The first-order valence-electron chi connectivity index (χ1n) is 4.38. The number of nitrogens with zero attached hydrogens (tertiary/aromatic N) is 1. The topological polar surface area (TPSA) is 40.9 Å². The molecule has 0 aliphatic heterocycles. The van der Waals surface area contributed by atoms with Gasteiger partial charge in [0.05, 0.1) is 11.6 Å². The van der Waals surface area contributed by atoms with Crippen LogP contribution in [0.3, 0.4) is 0 Å². The highest BCUT2D eigenvalue weighted by Crippen LogP contribution is 2.06. The van der Waals surface area contributed by atoms with E-state index in [1.807, 2.05) is 12.1 Å². The molecule has 3 heteroatoms. The lowest BCUT2D eigenvalue weighted by Gasteiger charge is -1.99. The van der Waals surface area contributed by atoms with Crippen molar-refractivity contribution in [3.63, 3.8) is 0 Å². The van der Waals surface area contributed by atoms with Crippen LogP contribution in [0.15, 0.2) is 24.3 Å². The molecule has 0 amide bonds. The van der Waals surface area contributed by atoms with Crippen molar-refractivity contribution >= 4 is 18.4 Å². The second kappa shape index (κ2) is 5.46. The number of Topliss-reactive ketones (excluding diaryl/α,β-unsaturated/α-hetero) is 1. The maximum absolute atomic E-state index is 11.0. The molecule has 0 radical (unpaired) electrons. The second-order valence-electron chi connectivity index (χ2n) is 3.01. The van der Waals surface area contributed by atoms with Gasteiger partial charge in [-0.15, -0.1) is 0 Å². The van der Waals surface area contributed by atoms with Crippen LogP contribution in [0.2, 0.25) is 0 Å². The van der Waals surface area contributed by atoms with Gasteiger partial charge in [-0.2, -0.15) is 17.9 Å². The smallest absolute Gasteiger partial charge is 0.142 e. The summed E-state index contributed by atoms with van der Waals surface area (Å²) in [6.07, 6.45) is 1.25. The third-order valence-electron chi connectivity index (χ3n) is 1.95. The molecular weight excluding hydrogens is 194 g/mol. The van der Waals surface area contributed by atoms with Gasteiger partial charge in [0.2, 0.25) is 0 Å². The number of hydrogen-bond donors (Lipinski definition) is 1.